The Balaban J connectivity index is 1.69. The highest BCUT2D eigenvalue weighted by molar-refractivity contribution is 5.97. The zero-order chi connectivity index (χ0) is 23.5. The van der Waals surface area contributed by atoms with E-state index in [1.54, 1.807) is 34.3 Å². The smallest absolute Gasteiger partial charge is 0.409 e. The monoisotopic (exact) mass is 453 g/mol. The summed E-state index contributed by atoms with van der Waals surface area (Å²) < 4.78 is 35.0. The van der Waals surface area contributed by atoms with Crippen LogP contribution in [-0.4, -0.2) is 59.2 Å². The fraction of sp³-hybridized carbons (Fsp3) is 0.280. The van der Waals surface area contributed by atoms with Gasteiger partial charge in [-0.25, -0.2) is 13.6 Å². The van der Waals surface area contributed by atoms with Gasteiger partial charge in [-0.2, -0.15) is 0 Å². The van der Waals surface area contributed by atoms with Gasteiger partial charge in [-0.05, 0) is 37.6 Å². The summed E-state index contributed by atoms with van der Waals surface area (Å²) in [6.07, 6.45) is -0.384. The van der Waals surface area contributed by atoms with Crippen LogP contribution >= 0.6 is 0 Å². The van der Waals surface area contributed by atoms with Gasteiger partial charge in [0.25, 0.3) is 5.91 Å². The first-order valence-electron chi connectivity index (χ1n) is 10.8. The average Bonchev–Trinajstić information content (AvgIpc) is 3.16. The summed E-state index contributed by atoms with van der Waals surface area (Å²) in [7, 11) is 0. The molecule has 2 amide bonds. The van der Waals surface area contributed by atoms with Crippen molar-refractivity contribution in [3.8, 4) is 16.9 Å². The fourth-order valence-electron chi connectivity index (χ4n) is 4.09. The first-order valence-corrected chi connectivity index (χ1v) is 10.8. The Hall–Kier alpha value is -3.68. The zero-order valence-electron chi connectivity index (χ0n) is 18.6. The van der Waals surface area contributed by atoms with Gasteiger partial charge >= 0.3 is 6.09 Å². The second kappa shape index (κ2) is 9.44. The highest BCUT2D eigenvalue weighted by Gasteiger charge is 2.29. The summed E-state index contributed by atoms with van der Waals surface area (Å²) >= 11 is 0. The second-order valence-corrected chi connectivity index (χ2v) is 7.80. The number of nitrogens with zero attached hydrogens (tertiary/aromatic N) is 3. The number of ether oxygens (including phenoxy) is 1. The molecule has 1 aromatic heterocycles. The van der Waals surface area contributed by atoms with Crippen LogP contribution in [0.25, 0.3) is 16.9 Å². The summed E-state index contributed by atoms with van der Waals surface area (Å²) in [5, 5.41) is 0. The zero-order valence-corrected chi connectivity index (χ0v) is 18.6. The molecule has 4 rings (SSSR count). The minimum atomic E-state index is -0.715. The number of piperazine rings is 1. The molecule has 8 heteroatoms. The predicted octanol–water partition coefficient (Wildman–Crippen LogP) is 4.65. The molecule has 1 saturated heterocycles. The Labute approximate surface area is 191 Å². The van der Waals surface area contributed by atoms with Crippen molar-refractivity contribution in [3.05, 3.63) is 77.5 Å². The van der Waals surface area contributed by atoms with Crippen molar-refractivity contribution in [2.75, 3.05) is 32.8 Å². The van der Waals surface area contributed by atoms with E-state index in [1.165, 1.54) is 12.1 Å². The summed E-state index contributed by atoms with van der Waals surface area (Å²) in [6.45, 7) is 5.29. The van der Waals surface area contributed by atoms with Crippen LogP contribution in [-0.2, 0) is 4.74 Å². The van der Waals surface area contributed by atoms with Crippen molar-refractivity contribution >= 4 is 12.0 Å². The van der Waals surface area contributed by atoms with E-state index >= 15 is 0 Å². The number of amides is 2. The highest BCUT2D eigenvalue weighted by Crippen LogP contribution is 2.31. The molecule has 2 aromatic carbocycles. The van der Waals surface area contributed by atoms with Crippen LogP contribution in [0.5, 0.6) is 0 Å². The molecule has 1 aliphatic heterocycles. The number of benzene rings is 2. The molecule has 0 N–H and O–H groups in total. The maximum absolute atomic E-state index is 14.8. The van der Waals surface area contributed by atoms with Crippen LogP contribution in [0.4, 0.5) is 13.6 Å². The van der Waals surface area contributed by atoms with Crippen molar-refractivity contribution < 1.29 is 23.1 Å². The minimum absolute atomic E-state index is 0.166. The van der Waals surface area contributed by atoms with Gasteiger partial charge in [0, 0.05) is 37.9 Å². The van der Waals surface area contributed by atoms with Crippen molar-refractivity contribution in [3.63, 3.8) is 0 Å². The topological polar surface area (TPSA) is 54.8 Å². The van der Waals surface area contributed by atoms with Crippen LogP contribution in [0, 0.1) is 18.6 Å². The molecule has 0 atom stereocenters. The predicted molar refractivity (Wildman–Crippen MR) is 120 cm³/mol. The van der Waals surface area contributed by atoms with E-state index in [-0.39, 0.29) is 17.7 Å². The van der Waals surface area contributed by atoms with Gasteiger partial charge in [0.15, 0.2) is 0 Å². The number of hydrogen-bond acceptors (Lipinski definition) is 3. The van der Waals surface area contributed by atoms with Crippen LogP contribution in [0.1, 0.15) is 23.0 Å². The van der Waals surface area contributed by atoms with Gasteiger partial charge in [0.1, 0.15) is 11.6 Å². The third-order valence-corrected chi connectivity index (χ3v) is 5.79. The van der Waals surface area contributed by atoms with E-state index in [0.29, 0.717) is 49.7 Å². The largest absolute Gasteiger partial charge is 0.450 e. The number of hydrogen-bond donors (Lipinski definition) is 0. The highest BCUT2D eigenvalue weighted by atomic mass is 19.1. The second-order valence-electron chi connectivity index (χ2n) is 7.80. The lowest BCUT2D eigenvalue weighted by atomic mass is 10.1. The molecule has 0 bridgehead atoms. The molecule has 0 radical (unpaired) electrons. The third kappa shape index (κ3) is 4.46. The fourth-order valence-corrected chi connectivity index (χ4v) is 4.09. The van der Waals surface area contributed by atoms with Crippen molar-refractivity contribution in [2.45, 2.75) is 13.8 Å². The molecule has 6 nitrogen and oxygen atoms in total. The first kappa shape index (κ1) is 22.5. The molecule has 3 aromatic rings. The number of rotatable bonds is 4. The number of carbonyl (C=O) groups is 2. The Morgan fingerprint density at radius 1 is 0.939 bits per heavy atom. The lowest BCUT2D eigenvalue weighted by molar-refractivity contribution is 0.0570. The van der Waals surface area contributed by atoms with E-state index in [1.807, 2.05) is 30.3 Å². The Kier molecular flexibility index (Phi) is 6.44. The van der Waals surface area contributed by atoms with Gasteiger partial charge in [-0.15, -0.1) is 0 Å². The van der Waals surface area contributed by atoms with E-state index in [4.69, 9.17) is 4.74 Å². The standard InChI is InChI=1S/C25H25F2N3O3/c1-3-33-25(32)29-13-11-28(12-14-29)24(31)20-16-23(18-7-5-4-6-8-18)30(17(20)2)22-10-9-19(26)15-21(22)27/h4-10,15-16H,3,11-14H2,1-2H3. The van der Waals surface area contributed by atoms with Crippen LogP contribution < -0.4 is 0 Å². The van der Waals surface area contributed by atoms with Crippen LogP contribution in [0.3, 0.4) is 0 Å². The summed E-state index contributed by atoms with van der Waals surface area (Å²) in [4.78, 5) is 28.6. The van der Waals surface area contributed by atoms with E-state index in [2.05, 4.69) is 0 Å². The normalized spacial score (nSPS) is 13.8. The Bertz CT molecular complexity index is 1170. The molecule has 1 aliphatic rings. The number of carbonyl (C=O) groups excluding carboxylic acids is 2. The summed E-state index contributed by atoms with van der Waals surface area (Å²) in [6, 6.07) is 14.5. The van der Waals surface area contributed by atoms with Gasteiger partial charge in [0.2, 0.25) is 0 Å². The SMILES string of the molecule is CCOC(=O)N1CCN(C(=O)c2cc(-c3ccccc3)n(-c3ccc(F)cc3F)c2C)CC1. The summed E-state index contributed by atoms with van der Waals surface area (Å²) in [5.41, 5.74) is 2.58. The molecule has 0 aliphatic carbocycles. The number of halogens is 2. The molecule has 33 heavy (non-hydrogen) atoms. The first-order chi connectivity index (χ1) is 15.9. The third-order valence-electron chi connectivity index (χ3n) is 5.79. The molecule has 0 saturated carbocycles. The summed E-state index contributed by atoms with van der Waals surface area (Å²) in [5.74, 6) is -1.58. The average molecular weight is 453 g/mol. The Morgan fingerprint density at radius 2 is 1.61 bits per heavy atom. The molecule has 0 unspecified atom stereocenters. The molecule has 172 valence electrons. The van der Waals surface area contributed by atoms with E-state index < -0.39 is 11.6 Å². The van der Waals surface area contributed by atoms with Crippen LogP contribution in [0.2, 0.25) is 0 Å². The maximum Gasteiger partial charge on any atom is 0.409 e. The van der Waals surface area contributed by atoms with Crippen molar-refractivity contribution in [1.29, 1.82) is 0 Å². The van der Waals surface area contributed by atoms with Gasteiger partial charge < -0.3 is 19.1 Å². The van der Waals surface area contributed by atoms with Gasteiger partial charge in [-0.1, -0.05) is 30.3 Å². The van der Waals surface area contributed by atoms with Crippen molar-refractivity contribution in [2.24, 2.45) is 0 Å². The number of aromatic nitrogens is 1. The lowest BCUT2D eigenvalue weighted by Gasteiger charge is -2.34. The molecule has 0 spiro atoms. The van der Waals surface area contributed by atoms with E-state index in [9.17, 15) is 18.4 Å². The lowest BCUT2D eigenvalue weighted by Crippen LogP contribution is -2.50. The molecular formula is C25H25F2N3O3. The van der Waals surface area contributed by atoms with Crippen molar-refractivity contribution in [1.82, 2.24) is 14.4 Å². The minimum Gasteiger partial charge on any atom is -0.450 e. The van der Waals surface area contributed by atoms with Gasteiger partial charge in [-0.3, -0.25) is 4.79 Å². The van der Waals surface area contributed by atoms with E-state index in [0.717, 1.165) is 11.6 Å². The quantitative estimate of drug-likeness (QED) is 0.578. The maximum atomic E-state index is 14.8. The molecular weight excluding hydrogens is 428 g/mol. The molecule has 1 fully saturated rings. The van der Waals surface area contributed by atoms with Gasteiger partial charge in [0.05, 0.1) is 23.6 Å². The Morgan fingerprint density at radius 3 is 2.24 bits per heavy atom. The molecule has 2 heterocycles. The van der Waals surface area contributed by atoms with Crippen LogP contribution in [0.15, 0.2) is 54.6 Å².